The van der Waals surface area contributed by atoms with Crippen LogP contribution in [0.1, 0.15) is 85.2 Å². The molecule has 5 aliphatic rings. The maximum Gasteiger partial charge on any atom is 0.303 e. The summed E-state index contributed by atoms with van der Waals surface area (Å²) >= 11 is 0. The van der Waals surface area contributed by atoms with E-state index in [0.29, 0.717) is 18.5 Å². The Balaban J connectivity index is 1.30. The van der Waals surface area contributed by atoms with E-state index in [1.807, 2.05) is 18.2 Å². The van der Waals surface area contributed by atoms with Crippen LogP contribution in [0.15, 0.2) is 36.4 Å². The third-order valence-corrected chi connectivity index (χ3v) is 13.3. The van der Waals surface area contributed by atoms with Crippen molar-refractivity contribution in [1.82, 2.24) is 23.4 Å². The molecular formula is C36H45N5O5S. The fraction of sp³-hybridized carbons (Fsp3) is 0.556. The van der Waals surface area contributed by atoms with E-state index in [-0.39, 0.29) is 23.4 Å². The number of amides is 2. The second kappa shape index (κ2) is 11.1. The van der Waals surface area contributed by atoms with Crippen molar-refractivity contribution in [2.75, 3.05) is 40.8 Å². The van der Waals surface area contributed by atoms with Crippen LogP contribution >= 0.6 is 0 Å². The fourth-order valence-electron chi connectivity index (χ4n) is 9.36. The molecule has 2 bridgehead atoms. The summed E-state index contributed by atoms with van der Waals surface area (Å²) in [5.74, 6) is 0.812. The van der Waals surface area contributed by atoms with Crippen molar-refractivity contribution in [2.45, 2.75) is 82.3 Å². The lowest BCUT2D eigenvalue weighted by Gasteiger charge is -2.36. The number of piperazine rings is 1. The molecule has 2 saturated carbocycles. The number of rotatable bonds is 7. The average Bonchev–Trinajstić information content (AvgIpc) is 3.31. The highest BCUT2D eigenvalue weighted by Gasteiger charge is 2.65. The molecule has 0 radical (unpaired) electrons. The van der Waals surface area contributed by atoms with Gasteiger partial charge in [-0.3, -0.25) is 14.5 Å². The maximum atomic E-state index is 14.8. The molecule has 2 unspecified atom stereocenters. The van der Waals surface area contributed by atoms with E-state index in [1.54, 1.807) is 13.2 Å². The first kappa shape index (κ1) is 30.9. The predicted octanol–water partition coefficient (Wildman–Crippen LogP) is 4.69. The molecule has 2 amide bonds. The largest absolute Gasteiger partial charge is 0.497 e. The first-order chi connectivity index (χ1) is 22.6. The van der Waals surface area contributed by atoms with Crippen LogP contribution in [0.3, 0.4) is 0 Å². The summed E-state index contributed by atoms with van der Waals surface area (Å²) in [7, 11) is 0.514. The third kappa shape index (κ3) is 4.75. The highest BCUT2D eigenvalue weighted by Crippen LogP contribution is 2.66. The van der Waals surface area contributed by atoms with E-state index >= 15 is 0 Å². The summed E-state index contributed by atoms with van der Waals surface area (Å²) in [6.45, 7) is 5.46. The van der Waals surface area contributed by atoms with Gasteiger partial charge in [0.25, 0.3) is 5.91 Å². The number of nitrogens with one attached hydrogen (secondary N) is 1. The molecule has 4 heterocycles. The molecule has 4 fully saturated rings. The van der Waals surface area contributed by atoms with E-state index in [4.69, 9.17) is 4.74 Å². The first-order valence-corrected chi connectivity index (χ1v) is 18.6. The van der Waals surface area contributed by atoms with Gasteiger partial charge in [-0.15, -0.1) is 0 Å². The number of nitrogens with zero attached hydrogens (tertiary/aromatic N) is 4. The number of hydrogen-bond donors (Lipinski definition) is 1. The average molecular weight is 660 g/mol. The highest BCUT2D eigenvalue weighted by atomic mass is 32.2. The molecule has 8 rings (SSSR count). The van der Waals surface area contributed by atoms with Crippen molar-refractivity contribution >= 4 is 32.9 Å². The molecule has 47 heavy (non-hydrogen) atoms. The summed E-state index contributed by atoms with van der Waals surface area (Å²) < 4.78 is 36.4. The van der Waals surface area contributed by atoms with Crippen LogP contribution in [0.25, 0.3) is 22.2 Å². The fourth-order valence-corrected chi connectivity index (χ4v) is 9.90. The van der Waals surface area contributed by atoms with Crippen molar-refractivity contribution in [1.29, 1.82) is 0 Å². The van der Waals surface area contributed by atoms with Gasteiger partial charge in [-0.2, -0.15) is 12.7 Å². The van der Waals surface area contributed by atoms with E-state index in [2.05, 4.69) is 38.1 Å². The second-order valence-corrected chi connectivity index (χ2v) is 16.5. The quantitative estimate of drug-likeness (QED) is 0.395. The number of likely N-dealkylation sites (N-methyl/N-ethyl adjacent to an activating group) is 1. The zero-order valence-corrected chi connectivity index (χ0v) is 28.6. The van der Waals surface area contributed by atoms with Crippen LogP contribution in [-0.2, 0) is 21.5 Å². The molecule has 250 valence electrons. The van der Waals surface area contributed by atoms with Gasteiger partial charge in [0, 0.05) is 73.8 Å². The molecule has 1 N–H and O–H groups in total. The summed E-state index contributed by atoms with van der Waals surface area (Å²) in [4.78, 5) is 32.9. The number of methoxy groups -OCH3 is 1. The Bertz CT molecular complexity index is 1900. The van der Waals surface area contributed by atoms with Gasteiger partial charge in [-0.05, 0) is 79.6 Å². The molecule has 2 saturated heterocycles. The van der Waals surface area contributed by atoms with Crippen LogP contribution in [0.5, 0.6) is 5.75 Å². The monoisotopic (exact) mass is 659 g/mol. The molecular weight excluding hydrogens is 614 g/mol. The van der Waals surface area contributed by atoms with Gasteiger partial charge in [0.05, 0.1) is 18.2 Å². The van der Waals surface area contributed by atoms with Crippen molar-refractivity contribution in [3.8, 4) is 17.0 Å². The number of likely N-dealkylation sites (tertiary alicyclic amines) is 2. The molecule has 4 atom stereocenters. The second-order valence-electron chi connectivity index (χ2n) is 14.6. The first-order valence-electron chi connectivity index (χ1n) is 17.2. The number of aromatic nitrogens is 1. The van der Waals surface area contributed by atoms with Crippen molar-refractivity contribution in [3.63, 3.8) is 0 Å². The number of fused-ring (bicyclic) bond motifs is 9. The zero-order chi connectivity index (χ0) is 32.8. The van der Waals surface area contributed by atoms with Crippen molar-refractivity contribution < 1.29 is 22.7 Å². The smallest absolute Gasteiger partial charge is 0.303 e. The normalized spacial score (nSPS) is 27.0. The SMILES string of the molecule is CCN1C[C@H]2C[C@@H]1CN2C(=O)C12CC1c1cc(OC)ccc1-c1c(C3CCCCC3)c3ccc(C(=O)NS(=O)(=O)N(C)C)cc3n1C2. The lowest BCUT2D eigenvalue weighted by Crippen LogP contribution is -2.51. The van der Waals surface area contributed by atoms with E-state index in [9.17, 15) is 18.0 Å². The lowest BCUT2D eigenvalue weighted by atomic mass is 9.81. The summed E-state index contributed by atoms with van der Waals surface area (Å²) in [6, 6.07) is 12.6. The van der Waals surface area contributed by atoms with Gasteiger partial charge in [0.2, 0.25) is 5.91 Å². The summed E-state index contributed by atoms with van der Waals surface area (Å²) in [6.07, 6.45) is 7.59. The Morgan fingerprint density at radius 2 is 1.83 bits per heavy atom. The number of benzene rings is 2. The molecule has 10 nitrogen and oxygen atoms in total. The van der Waals surface area contributed by atoms with Gasteiger partial charge in [-0.1, -0.05) is 32.3 Å². The zero-order valence-electron chi connectivity index (χ0n) is 27.8. The maximum absolute atomic E-state index is 14.8. The summed E-state index contributed by atoms with van der Waals surface area (Å²) in [5.41, 5.74) is 5.32. The lowest BCUT2D eigenvalue weighted by molar-refractivity contribution is -0.140. The number of carbonyl (C=O) groups is 2. The predicted molar refractivity (Wildman–Crippen MR) is 181 cm³/mol. The van der Waals surface area contributed by atoms with Crippen molar-refractivity contribution in [2.24, 2.45) is 5.41 Å². The molecule has 3 aromatic rings. The van der Waals surface area contributed by atoms with Gasteiger partial charge in [-0.25, -0.2) is 4.72 Å². The van der Waals surface area contributed by atoms with Crippen LogP contribution in [0, 0.1) is 5.41 Å². The Morgan fingerprint density at radius 3 is 2.51 bits per heavy atom. The molecule has 0 spiro atoms. The molecule has 2 aliphatic carbocycles. The Hall–Kier alpha value is -3.41. The van der Waals surface area contributed by atoms with E-state index < -0.39 is 21.5 Å². The topological polar surface area (TPSA) is 104 Å². The van der Waals surface area contributed by atoms with Crippen LogP contribution in [0.4, 0.5) is 0 Å². The standard InChI is InChI=1S/C36H45N5O5S/c1-5-39-19-25-16-24(39)20-40(25)35(43)36-18-30(36)29-17-26(46-4)12-14-27(29)33-32(22-9-7-6-8-10-22)28-13-11-23(15-31(28)41(33)21-36)34(42)37-47(44,45)38(2)3/h11-15,17,22,24-25,30H,5-10,16,18-21H2,1-4H3,(H,37,42)/t24-,25-,30?,36?/m1/s1. The van der Waals surface area contributed by atoms with Crippen molar-refractivity contribution in [3.05, 3.63) is 53.1 Å². The highest BCUT2D eigenvalue weighted by molar-refractivity contribution is 7.87. The Morgan fingerprint density at radius 1 is 1.04 bits per heavy atom. The molecule has 3 aliphatic heterocycles. The number of hydrogen-bond acceptors (Lipinski definition) is 6. The molecule has 2 aromatic carbocycles. The number of carbonyl (C=O) groups excluding carboxylic acids is 2. The van der Waals surface area contributed by atoms with Gasteiger partial charge in [0.1, 0.15) is 5.75 Å². The van der Waals surface area contributed by atoms with E-state index in [1.165, 1.54) is 44.5 Å². The van der Waals surface area contributed by atoms with Crippen LogP contribution < -0.4 is 9.46 Å². The van der Waals surface area contributed by atoms with Gasteiger partial charge in [0.15, 0.2) is 0 Å². The Kier molecular flexibility index (Phi) is 7.27. The van der Waals surface area contributed by atoms with Crippen LogP contribution in [-0.4, -0.2) is 91.8 Å². The van der Waals surface area contributed by atoms with Gasteiger partial charge < -0.3 is 14.2 Å². The minimum absolute atomic E-state index is 0.0763. The minimum atomic E-state index is -3.96. The number of ether oxygens (including phenoxy) is 1. The van der Waals surface area contributed by atoms with E-state index in [0.717, 1.165) is 77.5 Å². The third-order valence-electron chi connectivity index (χ3n) is 11.9. The van der Waals surface area contributed by atoms with Crippen LogP contribution in [0.2, 0.25) is 0 Å². The molecule has 11 heteroatoms. The van der Waals surface area contributed by atoms with Gasteiger partial charge >= 0.3 is 10.2 Å². The Labute approximate surface area is 277 Å². The summed E-state index contributed by atoms with van der Waals surface area (Å²) in [5, 5.41) is 1.08. The molecule has 1 aromatic heterocycles. The minimum Gasteiger partial charge on any atom is -0.497 e.